The van der Waals surface area contributed by atoms with Crippen molar-refractivity contribution in [3.63, 3.8) is 0 Å². The Hall–Kier alpha value is -2.14. The summed E-state index contributed by atoms with van der Waals surface area (Å²) in [5, 5.41) is 2.56. The predicted octanol–water partition coefficient (Wildman–Crippen LogP) is 4.27. The number of nitrogens with one attached hydrogen (secondary N) is 1. The summed E-state index contributed by atoms with van der Waals surface area (Å²) in [4.78, 5) is 12.7. The lowest BCUT2D eigenvalue weighted by Crippen LogP contribution is -2.18. The SMILES string of the molecule is Cc1ccc(C(=O)Nc2ccc(S(=O)(=O)C3CCCC3)cc2)cc1C. The lowest BCUT2D eigenvalue weighted by Gasteiger charge is -2.12. The van der Waals surface area contributed by atoms with Crippen molar-refractivity contribution in [2.75, 3.05) is 5.32 Å². The average molecular weight is 357 g/mol. The number of sulfone groups is 1. The average Bonchev–Trinajstić information content (AvgIpc) is 3.13. The van der Waals surface area contributed by atoms with Crippen LogP contribution in [0.25, 0.3) is 0 Å². The van der Waals surface area contributed by atoms with Crippen molar-refractivity contribution in [3.8, 4) is 0 Å². The Morgan fingerprint density at radius 3 is 2.20 bits per heavy atom. The van der Waals surface area contributed by atoms with E-state index in [1.165, 1.54) is 0 Å². The summed E-state index contributed by atoms with van der Waals surface area (Å²) in [5.41, 5.74) is 3.38. The van der Waals surface area contributed by atoms with Gasteiger partial charge in [-0.25, -0.2) is 8.42 Å². The van der Waals surface area contributed by atoms with E-state index in [9.17, 15) is 13.2 Å². The summed E-state index contributed by atoms with van der Waals surface area (Å²) >= 11 is 0. The van der Waals surface area contributed by atoms with E-state index >= 15 is 0 Å². The highest BCUT2D eigenvalue weighted by Crippen LogP contribution is 2.30. The number of benzene rings is 2. The number of carbonyl (C=O) groups excluding carboxylic acids is 1. The van der Waals surface area contributed by atoms with Crippen LogP contribution in [-0.2, 0) is 9.84 Å². The zero-order chi connectivity index (χ0) is 18.0. The molecule has 1 aliphatic carbocycles. The first-order chi connectivity index (χ1) is 11.9. The van der Waals surface area contributed by atoms with Crippen LogP contribution in [0.4, 0.5) is 5.69 Å². The first-order valence-electron chi connectivity index (χ1n) is 8.60. The van der Waals surface area contributed by atoms with Gasteiger partial charge in [0, 0.05) is 11.3 Å². The Balaban J connectivity index is 1.74. The van der Waals surface area contributed by atoms with E-state index in [0.717, 1.165) is 36.8 Å². The maximum Gasteiger partial charge on any atom is 0.255 e. The van der Waals surface area contributed by atoms with E-state index in [1.807, 2.05) is 26.0 Å². The fraction of sp³-hybridized carbons (Fsp3) is 0.350. The minimum Gasteiger partial charge on any atom is -0.322 e. The molecule has 1 saturated carbocycles. The minimum atomic E-state index is -3.26. The molecule has 0 bridgehead atoms. The van der Waals surface area contributed by atoms with Crippen molar-refractivity contribution in [2.24, 2.45) is 0 Å². The lowest BCUT2D eigenvalue weighted by molar-refractivity contribution is 0.102. The minimum absolute atomic E-state index is 0.200. The number of anilines is 1. The molecular weight excluding hydrogens is 334 g/mol. The Morgan fingerprint density at radius 2 is 1.60 bits per heavy atom. The number of hydrogen-bond donors (Lipinski definition) is 1. The molecule has 0 heterocycles. The second-order valence-electron chi connectivity index (χ2n) is 6.73. The van der Waals surface area contributed by atoms with Crippen LogP contribution in [0, 0.1) is 13.8 Å². The third-order valence-electron chi connectivity index (χ3n) is 4.95. The lowest BCUT2D eigenvalue weighted by atomic mass is 10.1. The summed E-state index contributed by atoms with van der Waals surface area (Å²) in [7, 11) is -3.26. The Labute approximate surface area is 149 Å². The Kier molecular flexibility index (Phi) is 4.95. The smallest absolute Gasteiger partial charge is 0.255 e. The number of hydrogen-bond acceptors (Lipinski definition) is 3. The van der Waals surface area contributed by atoms with Crippen LogP contribution in [0.3, 0.4) is 0 Å². The van der Waals surface area contributed by atoms with E-state index in [4.69, 9.17) is 0 Å². The van der Waals surface area contributed by atoms with Gasteiger partial charge in [-0.1, -0.05) is 18.9 Å². The van der Waals surface area contributed by atoms with Crippen molar-refractivity contribution < 1.29 is 13.2 Å². The zero-order valence-electron chi connectivity index (χ0n) is 14.6. The fourth-order valence-electron chi connectivity index (χ4n) is 3.20. The van der Waals surface area contributed by atoms with E-state index < -0.39 is 9.84 Å². The fourth-order valence-corrected chi connectivity index (χ4v) is 5.06. The molecule has 2 aromatic carbocycles. The van der Waals surface area contributed by atoms with E-state index in [2.05, 4.69) is 5.32 Å². The van der Waals surface area contributed by atoms with Gasteiger partial charge in [0.05, 0.1) is 10.1 Å². The van der Waals surface area contributed by atoms with Gasteiger partial charge in [0.15, 0.2) is 9.84 Å². The number of rotatable bonds is 4. The Bertz CT molecular complexity index is 880. The second-order valence-corrected chi connectivity index (χ2v) is 8.96. The third kappa shape index (κ3) is 3.76. The molecular formula is C20H23NO3S. The largest absolute Gasteiger partial charge is 0.322 e. The molecule has 0 aliphatic heterocycles. The van der Waals surface area contributed by atoms with Gasteiger partial charge < -0.3 is 5.32 Å². The molecule has 0 aromatic heterocycles. The van der Waals surface area contributed by atoms with Gasteiger partial charge in [-0.15, -0.1) is 0 Å². The van der Waals surface area contributed by atoms with Gasteiger partial charge in [0.1, 0.15) is 0 Å². The van der Waals surface area contributed by atoms with Crippen LogP contribution in [0.1, 0.15) is 47.2 Å². The van der Waals surface area contributed by atoms with Crippen LogP contribution in [0.2, 0.25) is 0 Å². The molecule has 5 heteroatoms. The summed E-state index contributed by atoms with van der Waals surface area (Å²) in [5.74, 6) is -0.200. The van der Waals surface area contributed by atoms with Gasteiger partial charge in [0.25, 0.3) is 5.91 Å². The monoisotopic (exact) mass is 357 g/mol. The third-order valence-corrected chi connectivity index (χ3v) is 7.23. The molecule has 1 aliphatic rings. The van der Waals surface area contributed by atoms with Crippen molar-refractivity contribution in [1.82, 2.24) is 0 Å². The Morgan fingerprint density at radius 1 is 0.960 bits per heavy atom. The van der Waals surface area contributed by atoms with Gasteiger partial charge >= 0.3 is 0 Å². The van der Waals surface area contributed by atoms with Gasteiger partial charge in [-0.3, -0.25) is 4.79 Å². The molecule has 132 valence electrons. The summed E-state index contributed by atoms with van der Waals surface area (Å²) in [6, 6.07) is 12.0. The molecule has 0 spiro atoms. The molecule has 3 rings (SSSR count). The standard InChI is InChI=1S/C20H23NO3S/c1-14-7-8-16(13-15(14)2)20(22)21-17-9-11-19(12-10-17)25(23,24)18-5-3-4-6-18/h7-13,18H,3-6H2,1-2H3,(H,21,22). The van der Waals surface area contributed by atoms with Gasteiger partial charge in [0.2, 0.25) is 0 Å². The molecule has 2 aromatic rings. The summed E-state index contributed by atoms with van der Waals surface area (Å²) in [6.07, 6.45) is 3.45. The normalized spacial score (nSPS) is 15.3. The van der Waals surface area contributed by atoms with E-state index in [-0.39, 0.29) is 11.2 Å². The zero-order valence-corrected chi connectivity index (χ0v) is 15.4. The molecule has 1 amide bonds. The first kappa shape index (κ1) is 17.7. The van der Waals surface area contributed by atoms with Gasteiger partial charge in [-0.2, -0.15) is 0 Å². The highest BCUT2D eigenvalue weighted by Gasteiger charge is 2.30. The molecule has 0 radical (unpaired) electrons. The molecule has 1 N–H and O–H groups in total. The maximum absolute atomic E-state index is 12.6. The van der Waals surface area contributed by atoms with Crippen LogP contribution < -0.4 is 5.32 Å². The van der Waals surface area contributed by atoms with Gasteiger partial charge in [-0.05, 0) is 74.2 Å². The molecule has 1 fully saturated rings. The van der Waals surface area contributed by atoms with Crippen molar-refractivity contribution in [1.29, 1.82) is 0 Å². The molecule has 4 nitrogen and oxygen atoms in total. The maximum atomic E-state index is 12.6. The highest BCUT2D eigenvalue weighted by molar-refractivity contribution is 7.92. The highest BCUT2D eigenvalue weighted by atomic mass is 32.2. The quantitative estimate of drug-likeness (QED) is 0.889. The topological polar surface area (TPSA) is 63.2 Å². The van der Waals surface area contributed by atoms with Crippen LogP contribution in [0.5, 0.6) is 0 Å². The van der Waals surface area contributed by atoms with Crippen LogP contribution in [-0.4, -0.2) is 19.6 Å². The predicted molar refractivity (Wildman–Crippen MR) is 99.8 cm³/mol. The molecule has 0 saturated heterocycles. The van der Waals surface area contributed by atoms with E-state index in [1.54, 1.807) is 30.3 Å². The van der Waals surface area contributed by atoms with Crippen LogP contribution >= 0.6 is 0 Å². The molecule has 0 unspecified atom stereocenters. The van der Waals surface area contributed by atoms with E-state index in [0.29, 0.717) is 16.1 Å². The van der Waals surface area contributed by atoms with Crippen molar-refractivity contribution in [2.45, 2.75) is 49.7 Å². The summed E-state index contributed by atoms with van der Waals surface area (Å²) < 4.78 is 25.1. The summed E-state index contributed by atoms with van der Waals surface area (Å²) in [6.45, 7) is 3.97. The molecule has 25 heavy (non-hydrogen) atoms. The van der Waals surface area contributed by atoms with Crippen LogP contribution in [0.15, 0.2) is 47.4 Å². The van der Waals surface area contributed by atoms with Crippen molar-refractivity contribution >= 4 is 21.4 Å². The second kappa shape index (κ2) is 7.00. The number of amides is 1. The van der Waals surface area contributed by atoms with Crippen molar-refractivity contribution in [3.05, 3.63) is 59.2 Å². The first-order valence-corrected chi connectivity index (χ1v) is 10.1. The molecule has 0 atom stereocenters. The number of carbonyl (C=O) groups is 1. The number of aryl methyl sites for hydroxylation is 2.